The van der Waals surface area contributed by atoms with E-state index in [-0.39, 0.29) is 23.0 Å². The number of aromatic amines is 1. The fourth-order valence-electron chi connectivity index (χ4n) is 2.43. The minimum Gasteiger partial charge on any atom is -0.386 e. The van der Waals surface area contributed by atoms with E-state index in [9.17, 15) is 9.90 Å². The quantitative estimate of drug-likeness (QED) is 0.679. The van der Waals surface area contributed by atoms with Gasteiger partial charge in [0.05, 0.1) is 6.10 Å². The Kier molecular flexibility index (Phi) is 4.71. The van der Waals surface area contributed by atoms with Crippen LogP contribution in [-0.4, -0.2) is 40.1 Å². The van der Waals surface area contributed by atoms with Gasteiger partial charge in [-0.1, -0.05) is 6.92 Å². The van der Waals surface area contributed by atoms with Gasteiger partial charge in [-0.25, -0.2) is 0 Å². The molecule has 1 aromatic rings. The Labute approximate surface area is 121 Å². The lowest BCUT2D eigenvalue weighted by molar-refractivity contribution is -0.0395. The first-order valence-electron chi connectivity index (χ1n) is 6.44. The molecule has 4 N–H and O–H groups in total. The van der Waals surface area contributed by atoms with Gasteiger partial charge >= 0.3 is 0 Å². The van der Waals surface area contributed by atoms with Gasteiger partial charge in [-0.15, -0.1) is 0 Å². The highest BCUT2D eigenvalue weighted by molar-refractivity contribution is 7.71. The van der Waals surface area contributed by atoms with Crippen molar-refractivity contribution in [2.45, 2.75) is 44.4 Å². The lowest BCUT2D eigenvalue weighted by atomic mass is 10.1. The standard InChI is InChI=1S/C12H19N3O4S/c1-3-7-9(18-2)8(16)11(19-7)15-5-6(4-13)10(17)14-12(15)20/h5,7-9,11,16H,3-4,13H2,1-2H3,(H,14,17,20)/t7-,8-,9-,11-/m1/s1. The van der Waals surface area contributed by atoms with Crippen LogP contribution in [0.2, 0.25) is 0 Å². The van der Waals surface area contributed by atoms with Crippen molar-refractivity contribution in [3.05, 3.63) is 26.9 Å². The van der Waals surface area contributed by atoms with E-state index in [1.807, 2.05) is 6.92 Å². The van der Waals surface area contributed by atoms with Gasteiger partial charge in [-0.3, -0.25) is 14.3 Å². The number of ether oxygens (including phenoxy) is 2. The zero-order chi connectivity index (χ0) is 14.9. The molecule has 0 amide bonds. The average Bonchev–Trinajstić information content (AvgIpc) is 2.75. The number of aromatic nitrogens is 2. The molecule has 0 aromatic carbocycles. The van der Waals surface area contributed by atoms with Gasteiger partial charge in [0.2, 0.25) is 0 Å². The van der Waals surface area contributed by atoms with E-state index in [2.05, 4.69) is 4.98 Å². The SMILES string of the molecule is CC[C@H]1O[C@@H](n2cc(CN)c(=O)[nH]c2=S)[C@H](O)[C@@H]1OC. The van der Waals surface area contributed by atoms with Gasteiger partial charge in [0.25, 0.3) is 5.56 Å². The predicted octanol–water partition coefficient (Wildman–Crippen LogP) is 0.0479. The maximum absolute atomic E-state index is 11.6. The van der Waals surface area contributed by atoms with Gasteiger partial charge in [0.1, 0.15) is 12.2 Å². The number of rotatable bonds is 4. The van der Waals surface area contributed by atoms with E-state index in [1.54, 1.807) is 0 Å². The van der Waals surface area contributed by atoms with E-state index in [0.29, 0.717) is 12.0 Å². The summed E-state index contributed by atoms with van der Waals surface area (Å²) in [7, 11) is 1.53. The van der Waals surface area contributed by atoms with Crippen LogP contribution in [0.15, 0.2) is 11.0 Å². The molecular weight excluding hydrogens is 282 g/mol. The largest absolute Gasteiger partial charge is 0.386 e. The first-order chi connectivity index (χ1) is 9.53. The lowest BCUT2D eigenvalue weighted by Gasteiger charge is -2.19. The second-order valence-corrected chi connectivity index (χ2v) is 5.08. The van der Waals surface area contributed by atoms with E-state index in [0.717, 1.165) is 0 Å². The molecule has 1 saturated heterocycles. The molecule has 2 rings (SSSR count). The molecule has 8 heteroatoms. The van der Waals surface area contributed by atoms with E-state index in [4.69, 9.17) is 27.4 Å². The van der Waals surface area contributed by atoms with E-state index < -0.39 is 18.4 Å². The second-order valence-electron chi connectivity index (χ2n) is 4.69. The third kappa shape index (κ3) is 2.57. The zero-order valence-electron chi connectivity index (χ0n) is 11.4. The van der Waals surface area contributed by atoms with Crippen LogP contribution in [0.1, 0.15) is 25.1 Å². The monoisotopic (exact) mass is 301 g/mol. The third-order valence-electron chi connectivity index (χ3n) is 3.52. The van der Waals surface area contributed by atoms with E-state index >= 15 is 0 Å². The van der Waals surface area contributed by atoms with Gasteiger partial charge in [0, 0.05) is 25.4 Å². The first-order valence-corrected chi connectivity index (χ1v) is 6.85. The predicted molar refractivity (Wildman–Crippen MR) is 74.8 cm³/mol. The Hall–Kier alpha value is -1.06. The van der Waals surface area contributed by atoms with Crippen molar-refractivity contribution in [2.24, 2.45) is 5.73 Å². The van der Waals surface area contributed by atoms with Crippen LogP contribution in [0.3, 0.4) is 0 Å². The number of aliphatic hydroxyl groups excluding tert-OH is 1. The Bertz CT molecular complexity index is 585. The molecule has 1 aliphatic rings. The smallest absolute Gasteiger partial charge is 0.256 e. The van der Waals surface area contributed by atoms with E-state index in [1.165, 1.54) is 17.9 Å². The summed E-state index contributed by atoms with van der Waals surface area (Å²) < 4.78 is 12.8. The molecule has 0 radical (unpaired) electrons. The first kappa shape index (κ1) is 15.3. The van der Waals surface area contributed by atoms with Gasteiger partial charge in [0.15, 0.2) is 11.0 Å². The number of aliphatic hydroxyl groups is 1. The number of nitrogens with zero attached hydrogens (tertiary/aromatic N) is 1. The molecule has 0 saturated carbocycles. The number of hydrogen-bond acceptors (Lipinski definition) is 6. The van der Waals surface area contributed by atoms with Crippen LogP contribution in [0, 0.1) is 4.77 Å². The fourth-order valence-corrected chi connectivity index (χ4v) is 2.68. The summed E-state index contributed by atoms with van der Waals surface area (Å²) in [4.78, 5) is 14.1. The molecule has 0 spiro atoms. The molecule has 0 unspecified atom stereocenters. The molecule has 1 aliphatic heterocycles. The molecule has 20 heavy (non-hydrogen) atoms. The molecular formula is C12H19N3O4S. The van der Waals surface area contributed by atoms with Crippen LogP contribution < -0.4 is 11.3 Å². The van der Waals surface area contributed by atoms with Crippen LogP contribution >= 0.6 is 12.2 Å². The Morgan fingerprint density at radius 2 is 2.35 bits per heavy atom. The van der Waals surface area contributed by atoms with Crippen molar-refractivity contribution in [2.75, 3.05) is 7.11 Å². The van der Waals surface area contributed by atoms with Crippen LogP contribution in [-0.2, 0) is 16.0 Å². The lowest BCUT2D eigenvalue weighted by Crippen LogP contribution is -2.34. The molecule has 4 atom stereocenters. The molecule has 0 bridgehead atoms. The average molecular weight is 301 g/mol. The molecule has 7 nitrogen and oxygen atoms in total. The Morgan fingerprint density at radius 3 is 2.85 bits per heavy atom. The summed E-state index contributed by atoms with van der Waals surface area (Å²) in [5, 5.41) is 10.3. The molecule has 112 valence electrons. The van der Waals surface area contributed by atoms with Gasteiger partial charge in [-0.2, -0.15) is 0 Å². The Morgan fingerprint density at radius 1 is 1.65 bits per heavy atom. The summed E-state index contributed by atoms with van der Waals surface area (Å²) >= 11 is 5.12. The highest BCUT2D eigenvalue weighted by atomic mass is 32.1. The minimum absolute atomic E-state index is 0.0820. The molecule has 2 heterocycles. The van der Waals surface area contributed by atoms with Gasteiger partial charge in [-0.05, 0) is 18.6 Å². The third-order valence-corrected chi connectivity index (χ3v) is 3.83. The number of methoxy groups -OCH3 is 1. The van der Waals surface area contributed by atoms with Crippen molar-refractivity contribution >= 4 is 12.2 Å². The van der Waals surface area contributed by atoms with Crippen molar-refractivity contribution in [3.8, 4) is 0 Å². The summed E-state index contributed by atoms with van der Waals surface area (Å²) in [6.07, 6.45) is 0.00906. The second kappa shape index (κ2) is 6.15. The summed E-state index contributed by atoms with van der Waals surface area (Å²) in [6.45, 7) is 2.03. The van der Waals surface area contributed by atoms with Crippen LogP contribution in [0.5, 0.6) is 0 Å². The van der Waals surface area contributed by atoms with Crippen molar-refractivity contribution < 1.29 is 14.6 Å². The molecule has 1 fully saturated rings. The molecule has 1 aromatic heterocycles. The summed E-state index contributed by atoms with van der Waals surface area (Å²) in [5.41, 5.74) is 5.57. The Balaban J connectivity index is 2.42. The number of nitrogens with one attached hydrogen (secondary N) is 1. The zero-order valence-corrected chi connectivity index (χ0v) is 12.2. The number of nitrogens with two attached hydrogens (primary N) is 1. The van der Waals surface area contributed by atoms with Crippen molar-refractivity contribution in [1.82, 2.24) is 9.55 Å². The highest BCUT2D eigenvalue weighted by Gasteiger charge is 2.44. The van der Waals surface area contributed by atoms with Gasteiger partial charge < -0.3 is 20.3 Å². The normalized spacial score (nSPS) is 29.8. The number of H-pyrrole nitrogens is 1. The van der Waals surface area contributed by atoms with Crippen molar-refractivity contribution in [1.29, 1.82) is 0 Å². The summed E-state index contributed by atoms with van der Waals surface area (Å²) in [5.74, 6) is 0. The molecule has 0 aliphatic carbocycles. The fraction of sp³-hybridized carbons (Fsp3) is 0.667. The van der Waals surface area contributed by atoms with Crippen molar-refractivity contribution in [3.63, 3.8) is 0 Å². The topological polar surface area (TPSA) is 102 Å². The maximum atomic E-state index is 11.6. The minimum atomic E-state index is -0.867. The highest BCUT2D eigenvalue weighted by Crippen LogP contribution is 2.32. The summed E-state index contributed by atoms with van der Waals surface area (Å²) in [6, 6.07) is 0. The van der Waals surface area contributed by atoms with Crippen LogP contribution in [0.4, 0.5) is 0 Å². The van der Waals surface area contributed by atoms with Crippen LogP contribution in [0.25, 0.3) is 0 Å². The maximum Gasteiger partial charge on any atom is 0.256 e. The number of hydrogen-bond donors (Lipinski definition) is 3.